The summed E-state index contributed by atoms with van der Waals surface area (Å²) in [4.78, 5) is 49.9. The van der Waals surface area contributed by atoms with Crippen LogP contribution in [0.15, 0.2) is 4.99 Å². The van der Waals surface area contributed by atoms with Crippen molar-refractivity contribution in [3.63, 3.8) is 0 Å². The van der Waals surface area contributed by atoms with Crippen molar-refractivity contribution in [2.45, 2.75) is 110 Å². The van der Waals surface area contributed by atoms with Gasteiger partial charge in [0.05, 0.1) is 6.61 Å². The maximum atomic E-state index is 11.9. The molecule has 1 unspecified atom stereocenters. The van der Waals surface area contributed by atoms with Crippen LogP contribution >= 0.6 is 0 Å². The summed E-state index contributed by atoms with van der Waals surface area (Å²) in [6, 6.07) is -0.875. The van der Waals surface area contributed by atoms with Crippen molar-refractivity contribution in [2.75, 3.05) is 19.7 Å². The molecule has 0 radical (unpaired) electrons. The van der Waals surface area contributed by atoms with Crippen LogP contribution < -0.4 is 16.8 Å². The molecule has 1 fully saturated rings. The van der Waals surface area contributed by atoms with E-state index in [1.165, 1.54) is 38.5 Å². The molecule has 1 saturated heterocycles. The van der Waals surface area contributed by atoms with Crippen molar-refractivity contribution in [3.8, 4) is 0 Å². The lowest BCUT2D eigenvalue weighted by atomic mass is 10.1. The quantitative estimate of drug-likeness (QED) is 0.130. The van der Waals surface area contributed by atoms with Gasteiger partial charge in [0.1, 0.15) is 6.04 Å². The number of likely N-dealkylation sites (tertiary alicyclic amines) is 1. The van der Waals surface area contributed by atoms with Gasteiger partial charge in [-0.3, -0.25) is 14.6 Å². The molecule has 0 aromatic carbocycles. The van der Waals surface area contributed by atoms with Crippen LogP contribution in [-0.4, -0.2) is 65.6 Å². The van der Waals surface area contributed by atoms with Gasteiger partial charge in [0, 0.05) is 25.9 Å². The minimum Gasteiger partial charge on any atom is -0.480 e. The SMILES string of the molecule is CCCCCCCCCCCC(=O)NC(CCCN=C(N)N)C(=O)O.CCOC(=O)N1CCCC1=O. The maximum Gasteiger partial charge on any atom is 0.416 e. The minimum absolute atomic E-state index is 0.0127. The monoisotopic (exact) mass is 513 g/mol. The molecule has 0 spiro atoms. The highest BCUT2D eigenvalue weighted by molar-refractivity contribution is 5.93. The van der Waals surface area contributed by atoms with E-state index in [1.807, 2.05) is 0 Å². The first-order chi connectivity index (χ1) is 17.2. The van der Waals surface area contributed by atoms with Crippen LogP contribution in [0.3, 0.4) is 0 Å². The van der Waals surface area contributed by atoms with E-state index in [-0.39, 0.29) is 17.8 Å². The Bertz CT molecular complexity index is 682. The van der Waals surface area contributed by atoms with Gasteiger partial charge in [-0.1, -0.05) is 58.3 Å². The molecule has 0 aromatic rings. The average Bonchev–Trinajstić information content (AvgIpc) is 3.26. The number of nitrogens with two attached hydrogens (primary N) is 2. The number of carboxylic acid groups (broad SMARTS) is 1. The summed E-state index contributed by atoms with van der Waals surface area (Å²) in [7, 11) is 0. The number of carbonyl (C=O) groups is 4. The van der Waals surface area contributed by atoms with E-state index in [0.717, 1.165) is 30.6 Å². The zero-order valence-corrected chi connectivity index (χ0v) is 22.1. The van der Waals surface area contributed by atoms with Crippen LogP contribution in [0.2, 0.25) is 0 Å². The van der Waals surface area contributed by atoms with Crippen LogP contribution in [0.5, 0.6) is 0 Å². The van der Waals surface area contributed by atoms with Gasteiger partial charge in [0.25, 0.3) is 0 Å². The summed E-state index contributed by atoms with van der Waals surface area (Å²) in [5.74, 6) is -1.35. The van der Waals surface area contributed by atoms with Crippen molar-refractivity contribution in [1.29, 1.82) is 0 Å². The Morgan fingerprint density at radius 3 is 2.14 bits per heavy atom. The van der Waals surface area contributed by atoms with Gasteiger partial charge in [-0.2, -0.15) is 0 Å². The molecule has 1 atom stereocenters. The van der Waals surface area contributed by atoms with Crippen molar-refractivity contribution >= 4 is 29.8 Å². The smallest absolute Gasteiger partial charge is 0.416 e. The molecule has 1 aliphatic rings. The number of carbonyl (C=O) groups excluding carboxylic acids is 3. The first-order valence-electron chi connectivity index (χ1n) is 13.3. The van der Waals surface area contributed by atoms with E-state index in [4.69, 9.17) is 16.6 Å². The fraction of sp³-hybridized carbons (Fsp3) is 0.800. The number of ether oxygens (including phenoxy) is 1. The second kappa shape index (κ2) is 21.4. The van der Waals surface area contributed by atoms with E-state index in [2.05, 4.69) is 22.0 Å². The van der Waals surface area contributed by atoms with Crippen molar-refractivity contribution in [3.05, 3.63) is 0 Å². The Kier molecular flexibility index (Phi) is 19.7. The summed E-state index contributed by atoms with van der Waals surface area (Å²) in [5, 5.41) is 11.7. The van der Waals surface area contributed by atoms with Crippen LogP contribution in [-0.2, 0) is 19.1 Å². The third-order valence-corrected chi connectivity index (χ3v) is 5.65. The molecule has 6 N–H and O–H groups in total. The van der Waals surface area contributed by atoms with Crippen LogP contribution in [0.1, 0.15) is 104 Å². The van der Waals surface area contributed by atoms with Crippen LogP contribution in [0, 0.1) is 0 Å². The van der Waals surface area contributed by atoms with Crippen molar-refractivity contribution in [2.24, 2.45) is 16.5 Å². The van der Waals surface area contributed by atoms with Crippen LogP contribution in [0.4, 0.5) is 4.79 Å². The number of hydrogen-bond donors (Lipinski definition) is 4. The molecular weight excluding hydrogens is 466 g/mol. The molecule has 1 aliphatic heterocycles. The van der Waals surface area contributed by atoms with Gasteiger partial charge < -0.3 is 26.6 Å². The Balaban J connectivity index is 0.000000918. The Hall–Kier alpha value is -2.85. The number of amides is 3. The standard InChI is InChI=1S/C18H36N4O3.C7H11NO3/c1-2-3-4-5-6-7-8-9-10-13-16(23)22-15(17(24)25)12-11-14-21-18(19)20;1-2-11-7(10)8-5-3-4-6(8)9/h15H,2-14H2,1H3,(H,22,23)(H,24,25)(H4,19,20,21);2-5H2,1H3. The van der Waals surface area contributed by atoms with E-state index >= 15 is 0 Å². The molecule has 36 heavy (non-hydrogen) atoms. The first-order valence-corrected chi connectivity index (χ1v) is 13.3. The molecule has 0 bridgehead atoms. The van der Waals surface area contributed by atoms with E-state index in [1.54, 1.807) is 6.92 Å². The van der Waals surface area contributed by atoms with Gasteiger partial charge in [-0.15, -0.1) is 0 Å². The molecule has 0 saturated carbocycles. The third kappa shape index (κ3) is 17.6. The van der Waals surface area contributed by atoms with E-state index in [0.29, 0.717) is 45.4 Å². The van der Waals surface area contributed by atoms with Crippen molar-refractivity contribution < 1.29 is 29.0 Å². The third-order valence-electron chi connectivity index (χ3n) is 5.65. The fourth-order valence-corrected chi connectivity index (χ4v) is 3.67. The summed E-state index contributed by atoms with van der Waals surface area (Å²) in [5.41, 5.74) is 10.4. The molecule has 11 nitrogen and oxygen atoms in total. The number of nitrogens with one attached hydrogen (secondary N) is 1. The molecule has 0 aliphatic carbocycles. The van der Waals surface area contributed by atoms with Gasteiger partial charge in [0.15, 0.2) is 5.96 Å². The number of nitrogens with zero attached hydrogens (tertiary/aromatic N) is 2. The number of hydrogen-bond acceptors (Lipinski definition) is 6. The summed E-state index contributed by atoms with van der Waals surface area (Å²) in [6.07, 6.45) is 12.6. The summed E-state index contributed by atoms with van der Waals surface area (Å²) in [6.45, 7) is 5.13. The number of unbranched alkanes of at least 4 members (excludes halogenated alkanes) is 8. The second-order valence-electron chi connectivity index (χ2n) is 8.83. The average molecular weight is 514 g/mol. The van der Waals surface area contributed by atoms with Gasteiger partial charge >= 0.3 is 12.1 Å². The molecule has 3 amide bonds. The molecule has 0 aromatic heterocycles. The Morgan fingerprint density at radius 1 is 1.03 bits per heavy atom. The number of rotatable bonds is 17. The maximum absolute atomic E-state index is 11.9. The largest absolute Gasteiger partial charge is 0.480 e. The lowest BCUT2D eigenvalue weighted by Gasteiger charge is -2.14. The second-order valence-corrected chi connectivity index (χ2v) is 8.83. The van der Waals surface area contributed by atoms with E-state index < -0.39 is 18.1 Å². The Morgan fingerprint density at radius 2 is 1.64 bits per heavy atom. The molecule has 11 heteroatoms. The zero-order valence-electron chi connectivity index (χ0n) is 22.1. The molecule has 208 valence electrons. The highest BCUT2D eigenvalue weighted by Gasteiger charge is 2.27. The fourth-order valence-electron chi connectivity index (χ4n) is 3.67. The van der Waals surface area contributed by atoms with Gasteiger partial charge in [-0.25, -0.2) is 14.5 Å². The predicted molar refractivity (Wildman–Crippen MR) is 139 cm³/mol. The number of guanidine groups is 1. The normalized spacial score (nSPS) is 13.4. The van der Waals surface area contributed by atoms with Crippen LogP contribution in [0.25, 0.3) is 0 Å². The molecular formula is C25H47N5O6. The van der Waals surface area contributed by atoms with E-state index in [9.17, 15) is 19.2 Å². The highest BCUT2D eigenvalue weighted by Crippen LogP contribution is 2.11. The predicted octanol–water partition coefficient (Wildman–Crippen LogP) is 3.30. The first kappa shape index (κ1) is 33.1. The van der Waals surface area contributed by atoms with Crippen molar-refractivity contribution in [1.82, 2.24) is 10.2 Å². The molecule has 1 heterocycles. The summed E-state index contributed by atoms with van der Waals surface area (Å²) < 4.78 is 4.66. The lowest BCUT2D eigenvalue weighted by molar-refractivity contribution is -0.142. The summed E-state index contributed by atoms with van der Waals surface area (Å²) >= 11 is 0. The lowest BCUT2D eigenvalue weighted by Crippen LogP contribution is -2.40. The minimum atomic E-state index is -1.02. The zero-order chi connectivity index (χ0) is 27.2. The number of imide groups is 1. The Labute approximate surface area is 215 Å². The molecule has 1 rings (SSSR count). The number of aliphatic carboxylic acids is 1. The topological polar surface area (TPSA) is 177 Å². The highest BCUT2D eigenvalue weighted by atomic mass is 16.6. The van der Waals surface area contributed by atoms with Gasteiger partial charge in [0.2, 0.25) is 11.8 Å². The van der Waals surface area contributed by atoms with Gasteiger partial charge in [-0.05, 0) is 32.6 Å². The number of carboxylic acids is 1. The number of aliphatic imine (C=N–C) groups is 1.